The van der Waals surface area contributed by atoms with Crippen molar-refractivity contribution in [2.45, 2.75) is 45.8 Å². The molecular formula is C17H24F3N3O4. The van der Waals surface area contributed by atoms with Crippen molar-refractivity contribution in [3.05, 3.63) is 17.3 Å². The molecule has 0 aliphatic carbocycles. The van der Waals surface area contributed by atoms with Crippen LogP contribution in [0.2, 0.25) is 0 Å². The van der Waals surface area contributed by atoms with E-state index in [1.165, 1.54) is 6.42 Å². The number of carboxylic acids is 1. The molecule has 3 rings (SSSR count). The fraction of sp³-hybridized carbons (Fsp3) is 0.706. The van der Waals surface area contributed by atoms with Crippen molar-refractivity contribution in [1.82, 2.24) is 14.8 Å². The molecule has 7 nitrogen and oxygen atoms in total. The van der Waals surface area contributed by atoms with Gasteiger partial charge in [0.05, 0.1) is 5.69 Å². The molecule has 0 spiro atoms. The molecule has 1 N–H and O–H groups in total. The minimum atomic E-state index is -5.08. The van der Waals surface area contributed by atoms with Crippen LogP contribution in [-0.4, -0.2) is 64.1 Å². The first-order chi connectivity index (χ1) is 12.6. The summed E-state index contributed by atoms with van der Waals surface area (Å²) in [5.41, 5.74) is 0.950. The number of rotatable bonds is 2. The summed E-state index contributed by atoms with van der Waals surface area (Å²) in [7, 11) is 0. The maximum absolute atomic E-state index is 12.5. The van der Waals surface area contributed by atoms with Crippen LogP contribution >= 0.6 is 0 Å². The van der Waals surface area contributed by atoms with Crippen molar-refractivity contribution in [3.8, 4) is 0 Å². The number of nitrogens with zero attached hydrogens (tertiary/aromatic N) is 3. The van der Waals surface area contributed by atoms with Gasteiger partial charge < -0.3 is 14.4 Å². The Kier molecular flexibility index (Phi) is 6.85. The minimum absolute atomic E-state index is 0.0333. The van der Waals surface area contributed by atoms with E-state index >= 15 is 0 Å². The zero-order chi connectivity index (χ0) is 20.2. The summed E-state index contributed by atoms with van der Waals surface area (Å²) in [6, 6.07) is 0. The summed E-state index contributed by atoms with van der Waals surface area (Å²) in [4.78, 5) is 30.0. The number of halogens is 3. The van der Waals surface area contributed by atoms with E-state index in [4.69, 9.17) is 14.3 Å². The number of carbonyl (C=O) groups is 2. The Labute approximate surface area is 155 Å². The second-order valence-corrected chi connectivity index (χ2v) is 6.81. The number of aliphatic carboxylic acids is 1. The third-order valence-electron chi connectivity index (χ3n) is 4.62. The number of hydrogen-bond acceptors (Lipinski definition) is 5. The summed E-state index contributed by atoms with van der Waals surface area (Å²) in [6.07, 6.45) is -1.94. The quantitative estimate of drug-likeness (QED) is 0.834. The largest absolute Gasteiger partial charge is 0.490 e. The van der Waals surface area contributed by atoms with Crippen molar-refractivity contribution in [2.24, 2.45) is 5.92 Å². The van der Waals surface area contributed by atoms with Crippen LogP contribution in [0, 0.1) is 5.92 Å². The van der Waals surface area contributed by atoms with Gasteiger partial charge in [0.2, 0.25) is 0 Å². The lowest BCUT2D eigenvalue weighted by molar-refractivity contribution is -0.192. The number of hydrogen-bond donors (Lipinski definition) is 1. The highest BCUT2D eigenvalue weighted by molar-refractivity contribution is 5.89. The highest BCUT2D eigenvalue weighted by Gasteiger charge is 2.38. The van der Waals surface area contributed by atoms with Gasteiger partial charge in [-0.1, -0.05) is 13.8 Å². The van der Waals surface area contributed by atoms with Crippen LogP contribution in [0.25, 0.3) is 0 Å². The Balaban J connectivity index is 0.000000321. The lowest BCUT2D eigenvalue weighted by Crippen LogP contribution is -2.39. The number of fused-ring (bicyclic) bond motifs is 1. The first-order valence-corrected chi connectivity index (χ1v) is 8.92. The molecule has 0 aromatic carbocycles. The van der Waals surface area contributed by atoms with Crippen LogP contribution in [0.1, 0.15) is 48.8 Å². The number of likely N-dealkylation sites (tertiary alicyclic amines) is 1. The molecule has 0 radical (unpaired) electrons. The Hall–Kier alpha value is -2.10. The molecule has 2 aliphatic rings. The molecule has 2 aliphatic heterocycles. The Morgan fingerprint density at radius 2 is 2.00 bits per heavy atom. The number of alkyl halides is 3. The molecule has 1 fully saturated rings. The fourth-order valence-corrected chi connectivity index (χ4v) is 3.12. The van der Waals surface area contributed by atoms with E-state index in [0.717, 1.165) is 57.0 Å². The average molecular weight is 391 g/mol. The Morgan fingerprint density at radius 3 is 2.56 bits per heavy atom. The van der Waals surface area contributed by atoms with Gasteiger partial charge in [-0.2, -0.15) is 13.2 Å². The molecule has 0 bridgehead atoms. The second-order valence-electron chi connectivity index (χ2n) is 6.81. The number of aromatic nitrogens is 1. The predicted octanol–water partition coefficient (Wildman–Crippen LogP) is 2.56. The summed E-state index contributed by atoms with van der Waals surface area (Å²) >= 11 is 0. The molecule has 152 valence electrons. The third kappa shape index (κ3) is 5.69. The molecule has 27 heavy (non-hydrogen) atoms. The molecule has 1 aromatic heterocycles. The van der Waals surface area contributed by atoms with Gasteiger partial charge in [0, 0.05) is 32.6 Å². The van der Waals surface area contributed by atoms with Crippen molar-refractivity contribution in [2.75, 3.05) is 26.2 Å². The number of carbonyl (C=O) groups excluding carboxylic acids is 1. The average Bonchev–Trinajstić information content (AvgIpc) is 3.03. The first-order valence-electron chi connectivity index (χ1n) is 8.92. The molecule has 1 saturated heterocycles. The zero-order valence-electron chi connectivity index (χ0n) is 15.4. The molecule has 1 aromatic rings. The smallest absolute Gasteiger partial charge is 0.475 e. The van der Waals surface area contributed by atoms with Gasteiger partial charge >= 0.3 is 18.1 Å². The third-order valence-corrected chi connectivity index (χ3v) is 4.62. The van der Waals surface area contributed by atoms with Crippen LogP contribution in [-0.2, 0) is 17.8 Å². The van der Waals surface area contributed by atoms with Crippen molar-refractivity contribution in [3.63, 3.8) is 0 Å². The van der Waals surface area contributed by atoms with Crippen molar-refractivity contribution >= 4 is 11.9 Å². The number of piperidine rings is 1. The molecular weight excluding hydrogens is 367 g/mol. The molecule has 1 unspecified atom stereocenters. The van der Waals surface area contributed by atoms with Gasteiger partial charge in [-0.3, -0.25) is 9.69 Å². The van der Waals surface area contributed by atoms with Crippen LogP contribution < -0.4 is 0 Å². The number of amides is 1. The molecule has 10 heteroatoms. The predicted molar refractivity (Wildman–Crippen MR) is 89.2 cm³/mol. The van der Waals surface area contributed by atoms with Crippen LogP contribution in [0.4, 0.5) is 13.2 Å². The van der Waals surface area contributed by atoms with Gasteiger partial charge in [-0.05, 0) is 25.3 Å². The van der Waals surface area contributed by atoms with Gasteiger partial charge in [-0.15, -0.1) is 0 Å². The van der Waals surface area contributed by atoms with E-state index in [9.17, 15) is 18.0 Å². The molecule has 0 saturated carbocycles. The van der Waals surface area contributed by atoms with Crippen LogP contribution in [0.5, 0.6) is 0 Å². The lowest BCUT2D eigenvalue weighted by Gasteiger charge is -2.29. The zero-order valence-corrected chi connectivity index (χ0v) is 15.4. The number of carboxylic acid groups (broad SMARTS) is 1. The van der Waals surface area contributed by atoms with E-state index < -0.39 is 12.1 Å². The summed E-state index contributed by atoms with van der Waals surface area (Å²) < 4.78 is 37.5. The van der Waals surface area contributed by atoms with Crippen molar-refractivity contribution in [1.29, 1.82) is 0 Å². The molecule has 1 amide bonds. The maximum Gasteiger partial charge on any atom is 0.490 e. The van der Waals surface area contributed by atoms with Crippen molar-refractivity contribution < 1.29 is 32.3 Å². The lowest BCUT2D eigenvalue weighted by atomic mass is 10.0. The van der Waals surface area contributed by atoms with E-state index in [1.807, 2.05) is 4.90 Å². The maximum atomic E-state index is 12.5. The summed E-state index contributed by atoms with van der Waals surface area (Å²) in [6.45, 7) is 8.81. The molecule has 3 heterocycles. The van der Waals surface area contributed by atoms with Gasteiger partial charge in [0.25, 0.3) is 5.89 Å². The Morgan fingerprint density at radius 1 is 1.33 bits per heavy atom. The number of likely N-dealkylation sites (N-methyl/N-ethyl adjacent to an activating group) is 1. The number of oxazole rings is 1. The van der Waals surface area contributed by atoms with Gasteiger partial charge in [-0.25, -0.2) is 9.78 Å². The molecule has 1 atom stereocenters. The summed E-state index contributed by atoms with van der Waals surface area (Å²) in [5, 5.41) is 7.12. The SMILES string of the molecule is CCN1CCc2oc(C(=O)N3CCCC(C)C3)nc2C1.O=C(O)C(F)(F)F. The minimum Gasteiger partial charge on any atom is -0.475 e. The van der Waals surface area contributed by atoms with Crippen LogP contribution in [0.15, 0.2) is 4.42 Å². The highest BCUT2D eigenvalue weighted by atomic mass is 19.4. The summed E-state index contributed by atoms with van der Waals surface area (Å²) in [5.74, 6) is -1.01. The second kappa shape index (κ2) is 8.73. The first kappa shape index (κ1) is 21.2. The topological polar surface area (TPSA) is 86.9 Å². The van der Waals surface area contributed by atoms with E-state index in [0.29, 0.717) is 11.8 Å². The Bertz CT molecular complexity index is 675. The van der Waals surface area contributed by atoms with Gasteiger partial charge in [0.15, 0.2) is 0 Å². The monoisotopic (exact) mass is 391 g/mol. The highest BCUT2D eigenvalue weighted by Crippen LogP contribution is 2.22. The fourth-order valence-electron chi connectivity index (χ4n) is 3.12. The van der Waals surface area contributed by atoms with E-state index in [-0.39, 0.29) is 5.91 Å². The van der Waals surface area contributed by atoms with Gasteiger partial charge in [0.1, 0.15) is 5.76 Å². The van der Waals surface area contributed by atoms with Crippen LogP contribution in [0.3, 0.4) is 0 Å². The normalized spacial score (nSPS) is 20.5. The van der Waals surface area contributed by atoms with E-state index in [2.05, 4.69) is 23.7 Å². The standard InChI is InChI=1S/C15H23N3O2.C2HF3O2/c1-3-17-8-6-13-12(10-17)16-14(20-13)15(19)18-7-4-5-11(2)9-18;3-2(4,5)1(6)7/h11H,3-10H2,1-2H3;(H,6,7). The van der Waals surface area contributed by atoms with E-state index in [1.54, 1.807) is 0 Å².